The molecular formula is C21H40N2O2. The number of carbonyl (C=O) groups excluding carboxylic acids is 1. The van der Waals surface area contributed by atoms with Crippen LogP contribution in [0, 0.1) is 16.7 Å². The van der Waals surface area contributed by atoms with Gasteiger partial charge in [0.05, 0.1) is 0 Å². The first kappa shape index (κ1) is 20.5. The molecule has 2 aliphatic rings. The molecule has 0 aromatic rings. The van der Waals surface area contributed by atoms with Gasteiger partial charge in [-0.15, -0.1) is 0 Å². The number of likely N-dealkylation sites (tertiary alicyclic amines) is 1. The van der Waals surface area contributed by atoms with Gasteiger partial charge in [-0.3, -0.25) is 0 Å². The van der Waals surface area contributed by atoms with Crippen molar-refractivity contribution in [1.82, 2.24) is 10.2 Å². The second kappa shape index (κ2) is 7.46. The maximum Gasteiger partial charge on any atom is 0.410 e. The number of amides is 1. The molecule has 1 aliphatic carbocycles. The predicted octanol–water partition coefficient (Wildman–Crippen LogP) is 4.83. The molecule has 1 saturated carbocycles. The van der Waals surface area contributed by atoms with Crippen LogP contribution >= 0.6 is 0 Å². The highest BCUT2D eigenvalue weighted by atomic mass is 16.6. The van der Waals surface area contributed by atoms with Gasteiger partial charge in [0.1, 0.15) is 5.60 Å². The van der Waals surface area contributed by atoms with Crippen LogP contribution in [0.3, 0.4) is 0 Å². The molecule has 146 valence electrons. The smallest absolute Gasteiger partial charge is 0.410 e. The van der Waals surface area contributed by atoms with E-state index in [4.69, 9.17) is 4.74 Å². The molecule has 1 amide bonds. The summed E-state index contributed by atoms with van der Waals surface area (Å²) >= 11 is 0. The first-order valence-electron chi connectivity index (χ1n) is 10.1. The molecular weight excluding hydrogens is 312 g/mol. The summed E-state index contributed by atoms with van der Waals surface area (Å²) in [6.45, 7) is 18.1. The van der Waals surface area contributed by atoms with Gasteiger partial charge < -0.3 is 15.0 Å². The number of nitrogens with zero attached hydrogens (tertiary/aromatic N) is 1. The lowest BCUT2D eigenvalue weighted by atomic mass is 9.63. The van der Waals surface area contributed by atoms with Gasteiger partial charge in [0.15, 0.2) is 0 Å². The van der Waals surface area contributed by atoms with Gasteiger partial charge in [0.2, 0.25) is 0 Å². The summed E-state index contributed by atoms with van der Waals surface area (Å²) in [6.07, 6.45) is 5.94. The van der Waals surface area contributed by atoms with E-state index in [-0.39, 0.29) is 6.09 Å². The number of carbonyl (C=O) groups is 1. The second-order valence-corrected chi connectivity index (χ2v) is 10.9. The van der Waals surface area contributed by atoms with Gasteiger partial charge in [0, 0.05) is 19.1 Å². The fourth-order valence-corrected chi connectivity index (χ4v) is 5.04. The Morgan fingerprint density at radius 3 is 2.32 bits per heavy atom. The number of hydrogen-bond donors (Lipinski definition) is 1. The average molecular weight is 353 g/mol. The minimum atomic E-state index is -0.405. The molecule has 1 atom stereocenters. The Kier molecular flexibility index (Phi) is 6.13. The zero-order valence-electron chi connectivity index (χ0n) is 17.6. The number of rotatable bonds is 4. The molecule has 1 N–H and O–H groups in total. The third kappa shape index (κ3) is 6.80. The molecule has 4 nitrogen and oxygen atoms in total. The van der Waals surface area contributed by atoms with Crippen molar-refractivity contribution in [3.8, 4) is 0 Å². The largest absolute Gasteiger partial charge is 0.444 e. The fraction of sp³-hybridized carbons (Fsp3) is 0.952. The van der Waals surface area contributed by atoms with Gasteiger partial charge in [-0.25, -0.2) is 4.79 Å². The van der Waals surface area contributed by atoms with Crippen molar-refractivity contribution in [1.29, 1.82) is 0 Å². The molecule has 1 unspecified atom stereocenters. The Balaban J connectivity index is 1.72. The van der Waals surface area contributed by atoms with Crippen LogP contribution in [0.25, 0.3) is 0 Å². The van der Waals surface area contributed by atoms with Crippen LogP contribution in [0.4, 0.5) is 4.79 Å². The molecule has 0 aromatic carbocycles. The summed E-state index contributed by atoms with van der Waals surface area (Å²) in [4.78, 5) is 14.0. The first-order valence-corrected chi connectivity index (χ1v) is 10.1. The lowest BCUT2D eigenvalue weighted by Gasteiger charge is -2.45. The minimum Gasteiger partial charge on any atom is -0.444 e. The molecule has 1 aliphatic heterocycles. The molecule has 1 saturated heterocycles. The van der Waals surface area contributed by atoms with Crippen LogP contribution < -0.4 is 5.32 Å². The Morgan fingerprint density at radius 1 is 1.16 bits per heavy atom. The van der Waals surface area contributed by atoms with Crippen LogP contribution in [-0.2, 0) is 4.74 Å². The van der Waals surface area contributed by atoms with Crippen LogP contribution in [0.15, 0.2) is 0 Å². The normalized spacial score (nSPS) is 26.7. The lowest BCUT2D eigenvalue weighted by molar-refractivity contribution is 0.0287. The quantitative estimate of drug-likeness (QED) is 0.788. The van der Waals surface area contributed by atoms with Gasteiger partial charge in [-0.05, 0) is 76.2 Å². The van der Waals surface area contributed by atoms with E-state index in [9.17, 15) is 4.79 Å². The van der Waals surface area contributed by atoms with Crippen LogP contribution in [0.1, 0.15) is 80.6 Å². The zero-order chi connectivity index (χ0) is 18.9. The minimum absolute atomic E-state index is 0.154. The van der Waals surface area contributed by atoms with E-state index >= 15 is 0 Å². The Hall–Kier alpha value is -0.770. The van der Waals surface area contributed by atoms with Gasteiger partial charge >= 0.3 is 6.09 Å². The zero-order valence-corrected chi connectivity index (χ0v) is 17.6. The first-order chi connectivity index (χ1) is 11.4. The average Bonchev–Trinajstić information content (AvgIpc) is 2.81. The monoisotopic (exact) mass is 352 g/mol. The van der Waals surface area contributed by atoms with E-state index in [1.807, 2.05) is 25.7 Å². The number of nitrogens with one attached hydrogen (secondary N) is 1. The van der Waals surface area contributed by atoms with Gasteiger partial charge in [-0.1, -0.05) is 27.7 Å². The highest BCUT2D eigenvalue weighted by molar-refractivity contribution is 5.68. The highest BCUT2D eigenvalue weighted by Crippen LogP contribution is 2.45. The van der Waals surface area contributed by atoms with Crippen LogP contribution in [0.2, 0.25) is 0 Å². The third-order valence-electron chi connectivity index (χ3n) is 5.48. The molecule has 0 bridgehead atoms. The Morgan fingerprint density at radius 2 is 1.76 bits per heavy atom. The van der Waals surface area contributed by atoms with Crippen LogP contribution in [-0.4, -0.2) is 42.3 Å². The van der Waals surface area contributed by atoms with E-state index in [0.717, 1.165) is 32.5 Å². The molecule has 0 aromatic heterocycles. The SMILES string of the molecule is CC1(C)CC(NCCC2CCN(C(=O)OC(C)(C)C)C2)CC(C)(C)C1. The van der Waals surface area contributed by atoms with E-state index in [0.29, 0.717) is 22.8 Å². The van der Waals surface area contributed by atoms with E-state index in [1.165, 1.54) is 19.3 Å². The van der Waals surface area contributed by atoms with E-state index < -0.39 is 5.60 Å². The fourth-order valence-electron chi connectivity index (χ4n) is 5.04. The van der Waals surface area contributed by atoms with Crippen molar-refractivity contribution in [2.45, 2.75) is 92.2 Å². The molecule has 25 heavy (non-hydrogen) atoms. The standard InChI is InChI=1S/C21H40N2O2/c1-19(2,3)25-18(24)23-11-9-16(14-23)8-10-22-17-12-20(4,5)15-21(6,7)13-17/h16-17,22H,8-15H2,1-7H3. The summed E-state index contributed by atoms with van der Waals surface area (Å²) in [5.74, 6) is 0.602. The summed E-state index contributed by atoms with van der Waals surface area (Å²) in [7, 11) is 0. The van der Waals surface area contributed by atoms with Gasteiger partial charge in [0.25, 0.3) is 0 Å². The molecule has 2 fully saturated rings. The molecule has 0 radical (unpaired) electrons. The third-order valence-corrected chi connectivity index (χ3v) is 5.48. The summed E-state index contributed by atoms with van der Waals surface area (Å²) in [5.41, 5.74) is 0.456. The van der Waals surface area contributed by atoms with E-state index in [1.54, 1.807) is 0 Å². The van der Waals surface area contributed by atoms with Crippen molar-refractivity contribution in [3.63, 3.8) is 0 Å². The van der Waals surface area contributed by atoms with Crippen molar-refractivity contribution in [3.05, 3.63) is 0 Å². The lowest BCUT2D eigenvalue weighted by Crippen LogP contribution is -2.44. The molecule has 0 spiro atoms. The molecule has 1 heterocycles. The van der Waals surface area contributed by atoms with E-state index in [2.05, 4.69) is 33.0 Å². The van der Waals surface area contributed by atoms with Crippen molar-refractivity contribution in [2.24, 2.45) is 16.7 Å². The maximum absolute atomic E-state index is 12.2. The summed E-state index contributed by atoms with van der Waals surface area (Å²) in [6, 6.07) is 0.627. The van der Waals surface area contributed by atoms with Crippen molar-refractivity contribution >= 4 is 6.09 Å². The highest BCUT2D eigenvalue weighted by Gasteiger charge is 2.38. The van der Waals surface area contributed by atoms with Crippen molar-refractivity contribution < 1.29 is 9.53 Å². The van der Waals surface area contributed by atoms with Crippen molar-refractivity contribution in [2.75, 3.05) is 19.6 Å². The Bertz CT molecular complexity index is 449. The molecule has 4 heteroatoms. The maximum atomic E-state index is 12.2. The van der Waals surface area contributed by atoms with Gasteiger partial charge in [-0.2, -0.15) is 0 Å². The van der Waals surface area contributed by atoms with Crippen LogP contribution in [0.5, 0.6) is 0 Å². The number of hydrogen-bond acceptors (Lipinski definition) is 3. The molecule has 2 rings (SSSR count). The topological polar surface area (TPSA) is 41.6 Å². The summed E-state index contributed by atoms with van der Waals surface area (Å²) in [5, 5.41) is 3.81. The number of ether oxygens (including phenoxy) is 1. The predicted molar refractivity (Wildman–Crippen MR) is 104 cm³/mol. The summed E-state index contributed by atoms with van der Waals surface area (Å²) < 4.78 is 5.49. The Labute approximate surface area is 155 Å². The second-order valence-electron chi connectivity index (χ2n) is 10.9.